The van der Waals surface area contributed by atoms with Crippen LogP contribution in [0.15, 0.2) is 23.1 Å². The van der Waals surface area contributed by atoms with E-state index in [2.05, 4.69) is 11.5 Å². The molecule has 0 unspecified atom stereocenters. The van der Waals surface area contributed by atoms with E-state index in [-0.39, 0.29) is 24.3 Å². The number of fused-ring (bicyclic) bond motifs is 1. The highest BCUT2D eigenvalue weighted by Gasteiger charge is 2.58. The molecule has 0 aromatic carbocycles. The molecule has 0 bridgehead atoms. The van der Waals surface area contributed by atoms with E-state index in [1.165, 1.54) is 0 Å². The van der Waals surface area contributed by atoms with Crippen molar-refractivity contribution >= 4 is 11.9 Å². The summed E-state index contributed by atoms with van der Waals surface area (Å²) in [6.07, 6.45) is 1.79. The van der Waals surface area contributed by atoms with E-state index in [1.807, 2.05) is 13.8 Å². The van der Waals surface area contributed by atoms with Crippen molar-refractivity contribution in [3.05, 3.63) is 35.8 Å². The largest absolute Gasteiger partial charge is 0.481 e. The fourth-order valence-electron chi connectivity index (χ4n) is 4.12. The summed E-state index contributed by atoms with van der Waals surface area (Å²) in [6, 6.07) is 1.80. The van der Waals surface area contributed by atoms with Crippen LogP contribution >= 0.6 is 0 Å². The molecule has 3 rings (SSSR count). The minimum Gasteiger partial charge on any atom is -0.481 e. The second-order valence-corrected chi connectivity index (χ2v) is 7.60. The summed E-state index contributed by atoms with van der Waals surface area (Å²) in [5.74, 6) is 0.597. The number of amides is 1. The predicted octanol–water partition coefficient (Wildman–Crippen LogP) is 2.36. The first-order valence-electron chi connectivity index (χ1n) is 8.74. The molecule has 0 spiro atoms. The Labute approximate surface area is 148 Å². The number of carbonyl (C=O) groups is 2. The van der Waals surface area contributed by atoms with Gasteiger partial charge < -0.3 is 14.4 Å². The minimum atomic E-state index is -0.878. The lowest BCUT2D eigenvalue weighted by molar-refractivity contribution is -0.148. The van der Waals surface area contributed by atoms with Crippen LogP contribution in [0.3, 0.4) is 0 Å². The maximum atomic E-state index is 13.0. The van der Waals surface area contributed by atoms with Gasteiger partial charge in [-0.25, -0.2) is 0 Å². The van der Waals surface area contributed by atoms with Crippen LogP contribution in [0.1, 0.15) is 41.6 Å². The Morgan fingerprint density at radius 1 is 1.44 bits per heavy atom. The van der Waals surface area contributed by atoms with Crippen LogP contribution in [-0.4, -0.2) is 59.5 Å². The fraction of sp³-hybridized carbons (Fsp3) is 0.579. The van der Waals surface area contributed by atoms with E-state index < -0.39 is 11.4 Å². The lowest BCUT2D eigenvalue weighted by atomic mass is 9.81. The summed E-state index contributed by atoms with van der Waals surface area (Å²) in [5.41, 5.74) is -0.329. The number of aryl methyl sites for hydroxylation is 1. The Morgan fingerprint density at radius 2 is 2.16 bits per heavy atom. The summed E-state index contributed by atoms with van der Waals surface area (Å²) >= 11 is 0. The molecule has 0 aliphatic carbocycles. The van der Waals surface area contributed by atoms with Crippen molar-refractivity contribution < 1.29 is 19.1 Å². The molecule has 6 nitrogen and oxygen atoms in total. The van der Waals surface area contributed by atoms with Crippen LogP contribution in [0.5, 0.6) is 0 Å². The van der Waals surface area contributed by atoms with E-state index in [9.17, 15) is 14.7 Å². The first kappa shape index (κ1) is 17.7. The van der Waals surface area contributed by atoms with Gasteiger partial charge in [0.05, 0.1) is 5.56 Å². The van der Waals surface area contributed by atoms with Gasteiger partial charge in [-0.2, -0.15) is 0 Å². The first-order valence-corrected chi connectivity index (χ1v) is 8.74. The molecular weight excluding hydrogens is 320 g/mol. The number of carboxylic acids is 1. The normalized spacial score (nSPS) is 26.2. The number of carboxylic acid groups (broad SMARTS) is 1. The van der Waals surface area contributed by atoms with Gasteiger partial charge >= 0.3 is 5.97 Å². The van der Waals surface area contributed by atoms with Crippen molar-refractivity contribution in [2.45, 2.75) is 26.7 Å². The highest BCUT2D eigenvalue weighted by molar-refractivity contribution is 5.96. The third-order valence-electron chi connectivity index (χ3n) is 5.52. The second-order valence-electron chi connectivity index (χ2n) is 7.60. The van der Waals surface area contributed by atoms with Crippen LogP contribution in [-0.2, 0) is 4.79 Å². The lowest BCUT2D eigenvalue weighted by Gasteiger charge is -2.25. The lowest BCUT2D eigenvalue weighted by Crippen LogP contribution is -2.42. The fourth-order valence-corrected chi connectivity index (χ4v) is 4.12. The highest BCUT2D eigenvalue weighted by atomic mass is 16.4. The molecule has 2 aliphatic heterocycles. The Bertz CT molecular complexity index is 708. The summed E-state index contributed by atoms with van der Waals surface area (Å²) in [4.78, 5) is 28.8. The average Bonchev–Trinajstić information content (AvgIpc) is 3.17. The summed E-state index contributed by atoms with van der Waals surface area (Å²) < 4.78 is 5.69. The van der Waals surface area contributed by atoms with Crippen molar-refractivity contribution in [2.24, 2.45) is 11.3 Å². The van der Waals surface area contributed by atoms with Crippen molar-refractivity contribution in [3.63, 3.8) is 0 Å². The first-order chi connectivity index (χ1) is 11.8. The number of hydrogen-bond donors (Lipinski definition) is 1. The molecule has 2 saturated heterocycles. The van der Waals surface area contributed by atoms with Gasteiger partial charge in [-0.05, 0) is 13.0 Å². The quantitative estimate of drug-likeness (QED) is 0.829. The smallest absolute Gasteiger partial charge is 0.313 e. The molecule has 136 valence electrons. The zero-order valence-electron chi connectivity index (χ0n) is 15.1. The van der Waals surface area contributed by atoms with Crippen molar-refractivity contribution in [3.8, 4) is 0 Å². The predicted molar refractivity (Wildman–Crippen MR) is 93.6 cm³/mol. The molecule has 1 amide bonds. The van der Waals surface area contributed by atoms with E-state index in [0.717, 1.165) is 5.76 Å². The van der Waals surface area contributed by atoms with E-state index >= 15 is 0 Å². The Morgan fingerprint density at radius 3 is 2.68 bits per heavy atom. The molecule has 0 radical (unpaired) electrons. The molecule has 2 atom stereocenters. The molecular formula is C19H26N2O4. The van der Waals surface area contributed by atoms with E-state index in [0.29, 0.717) is 37.5 Å². The molecule has 0 saturated carbocycles. The average molecular weight is 346 g/mol. The topological polar surface area (TPSA) is 74.0 Å². The Kier molecular flexibility index (Phi) is 4.49. The third kappa shape index (κ3) is 2.88. The second kappa shape index (κ2) is 6.33. The third-order valence-corrected chi connectivity index (χ3v) is 5.52. The Balaban J connectivity index is 1.81. The van der Waals surface area contributed by atoms with Gasteiger partial charge in [0.15, 0.2) is 0 Å². The molecule has 1 aromatic heterocycles. The Hall–Kier alpha value is -2.08. The maximum Gasteiger partial charge on any atom is 0.313 e. The number of rotatable bonds is 5. The van der Waals surface area contributed by atoms with Crippen molar-refractivity contribution in [1.82, 2.24) is 9.80 Å². The van der Waals surface area contributed by atoms with Crippen molar-refractivity contribution in [2.75, 3.05) is 32.7 Å². The van der Waals surface area contributed by atoms with Gasteiger partial charge in [0.1, 0.15) is 16.9 Å². The number of furan rings is 1. The summed E-state index contributed by atoms with van der Waals surface area (Å²) in [5, 5.41) is 9.85. The highest BCUT2D eigenvalue weighted by Crippen LogP contribution is 2.43. The zero-order chi connectivity index (χ0) is 18.4. The van der Waals surface area contributed by atoms with Gasteiger partial charge in [0, 0.05) is 44.6 Å². The molecule has 3 heterocycles. The molecule has 25 heavy (non-hydrogen) atoms. The SMILES string of the molecule is C=CCN1C[C@@H]2CN(C(=O)c3cc(C(C)C)oc3C)C[C@]2(C(=O)O)C1. The van der Waals surface area contributed by atoms with E-state index in [1.54, 1.807) is 24.0 Å². The van der Waals surface area contributed by atoms with Crippen LogP contribution in [0, 0.1) is 18.3 Å². The monoisotopic (exact) mass is 346 g/mol. The molecule has 1 N–H and O–H groups in total. The van der Waals surface area contributed by atoms with Gasteiger partial charge in [-0.1, -0.05) is 19.9 Å². The van der Waals surface area contributed by atoms with Crippen LogP contribution in [0.2, 0.25) is 0 Å². The number of hydrogen-bond acceptors (Lipinski definition) is 4. The van der Waals surface area contributed by atoms with Crippen LogP contribution in [0.25, 0.3) is 0 Å². The standard InChI is InChI=1S/C19H26N2O4/c1-5-6-20-8-14-9-21(11-19(14,10-20)18(23)24)17(22)15-7-16(12(2)3)25-13(15)4/h5,7,12,14H,1,6,8-11H2,2-4H3,(H,23,24)/t14-,19-/m1/s1. The van der Waals surface area contributed by atoms with Crippen LogP contribution < -0.4 is 0 Å². The number of likely N-dealkylation sites (tertiary alicyclic amines) is 2. The molecule has 6 heteroatoms. The zero-order valence-corrected chi connectivity index (χ0v) is 15.1. The molecule has 2 fully saturated rings. The summed E-state index contributed by atoms with van der Waals surface area (Å²) in [6.45, 7) is 12.1. The number of nitrogens with zero attached hydrogens (tertiary/aromatic N) is 2. The van der Waals surface area contributed by atoms with Gasteiger partial charge in [-0.15, -0.1) is 6.58 Å². The van der Waals surface area contributed by atoms with Gasteiger partial charge in [0.2, 0.25) is 0 Å². The maximum absolute atomic E-state index is 13.0. The molecule has 2 aliphatic rings. The van der Waals surface area contributed by atoms with Crippen molar-refractivity contribution in [1.29, 1.82) is 0 Å². The van der Waals surface area contributed by atoms with Gasteiger partial charge in [-0.3, -0.25) is 14.5 Å². The van der Waals surface area contributed by atoms with Gasteiger partial charge in [0.25, 0.3) is 5.91 Å². The van der Waals surface area contributed by atoms with E-state index in [4.69, 9.17) is 4.42 Å². The minimum absolute atomic E-state index is 0.0503. The number of aliphatic carboxylic acids is 1. The van der Waals surface area contributed by atoms with Crippen LogP contribution in [0.4, 0.5) is 0 Å². The summed E-state index contributed by atoms with van der Waals surface area (Å²) in [7, 11) is 0. The molecule has 1 aromatic rings. The number of carbonyl (C=O) groups excluding carboxylic acids is 1.